The quantitative estimate of drug-likeness (QED) is 0.609. The second-order valence-electron chi connectivity index (χ2n) is 6.89. The van der Waals surface area contributed by atoms with E-state index in [0.717, 1.165) is 16.0 Å². The molecule has 0 spiro atoms. The lowest BCUT2D eigenvalue weighted by molar-refractivity contribution is -0.135. The van der Waals surface area contributed by atoms with Gasteiger partial charge in [0, 0.05) is 26.9 Å². The zero-order chi connectivity index (χ0) is 20.5. The van der Waals surface area contributed by atoms with Crippen molar-refractivity contribution >= 4 is 38.5 Å². The number of aryl methyl sites for hydroxylation is 1. The Hall–Kier alpha value is -3.01. The van der Waals surface area contributed by atoms with Crippen molar-refractivity contribution in [2.45, 2.75) is 26.8 Å². The summed E-state index contributed by atoms with van der Waals surface area (Å²) in [7, 11) is 1.67. The first-order valence-corrected chi connectivity index (χ1v) is 10.1. The number of amides is 2. The van der Waals surface area contributed by atoms with E-state index < -0.39 is 5.92 Å². The van der Waals surface area contributed by atoms with E-state index in [0.29, 0.717) is 30.0 Å². The molecule has 1 saturated heterocycles. The fourth-order valence-corrected chi connectivity index (χ4v) is 4.35. The van der Waals surface area contributed by atoms with Crippen LogP contribution in [0.5, 0.6) is 5.75 Å². The van der Waals surface area contributed by atoms with Crippen LogP contribution in [-0.4, -0.2) is 52.0 Å². The number of carbonyl (C=O) groups excluding carboxylic acids is 2. The van der Waals surface area contributed by atoms with Gasteiger partial charge in [0.1, 0.15) is 5.75 Å². The van der Waals surface area contributed by atoms with Crippen LogP contribution in [0.2, 0.25) is 0 Å². The summed E-state index contributed by atoms with van der Waals surface area (Å²) in [4.78, 5) is 37.2. The van der Waals surface area contributed by atoms with Gasteiger partial charge in [-0.25, -0.2) is 4.98 Å². The highest BCUT2D eigenvalue weighted by molar-refractivity contribution is 7.22. The molecule has 1 aliphatic rings. The molecule has 3 aromatic rings. The zero-order valence-corrected chi connectivity index (χ0v) is 17.2. The standard InChI is InChI=1S/C19H21N5O4S/c1-4-27-13-5-6-14-15(8-13)29-19(21-14)24-9-12(7-17(24)25)18(26)23(3)10-16-20-11(2)28-22-16/h5-6,8,12H,4,7,9-10H2,1-3H3. The minimum atomic E-state index is -0.425. The SMILES string of the molecule is CCOc1ccc2nc(N3CC(C(=O)N(C)Cc4noc(C)n4)CC3=O)sc2c1. The maximum atomic E-state index is 12.8. The molecule has 9 nitrogen and oxygen atoms in total. The van der Waals surface area contributed by atoms with E-state index in [-0.39, 0.29) is 24.8 Å². The third kappa shape index (κ3) is 3.93. The molecule has 0 aliphatic carbocycles. The van der Waals surface area contributed by atoms with Crippen molar-refractivity contribution in [3.05, 3.63) is 29.9 Å². The Bertz CT molecular complexity index is 1060. The molecule has 1 aromatic carbocycles. The molecule has 29 heavy (non-hydrogen) atoms. The lowest BCUT2D eigenvalue weighted by Gasteiger charge is -2.19. The average Bonchev–Trinajstić information content (AvgIpc) is 3.39. The first kappa shape index (κ1) is 19.3. The average molecular weight is 415 g/mol. The molecule has 0 radical (unpaired) electrons. The van der Waals surface area contributed by atoms with Gasteiger partial charge in [-0.2, -0.15) is 4.98 Å². The first-order chi connectivity index (χ1) is 13.9. The number of benzene rings is 1. The van der Waals surface area contributed by atoms with Crippen LogP contribution in [0, 0.1) is 12.8 Å². The highest BCUT2D eigenvalue weighted by atomic mass is 32.1. The number of hydrogen-bond acceptors (Lipinski definition) is 8. The van der Waals surface area contributed by atoms with Gasteiger partial charge in [-0.05, 0) is 25.1 Å². The summed E-state index contributed by atoms with van der Waals surface area (Å²) in [5, 5.41) is 4.41. The minimum Gasteiger partial charge on any atom is -0.494 e. The number of fused-ring (bicyclic) bond motifs is 1. The lowest BCUT2D eigenvalue weighted by Crippen LogP contribution is -2.34. The molecule has 0 bridgehead atoms. The molecule has 152 valence electrons. The predicted octanol–water partition coefficient (Wildman–Crippen LogP) is 2.40. The normalized spacial score (nSPS) is 16.6. The van der Waals surface area contributed by atoms with E-state index in [2.05, 4.69) is 15.1 Å². The fraction of sp³-hybridized carbons (Fsp3) is 0.421. The molecule has 1 fully saturated rings. The molecule has 1 unspecified atom stereocenters. The summed E-state index contributed by atoms with van der Waals surface area (Å²) in [5.41, 5.74) is 0.806. The van der Waals surface area contributed by atoms with Crippen molar-refractivity contribution in [1.29, 1.82) is 0 Å². The smallest absolute Gasteiger partial charge is 0.229 e. The van der Waals surface area contributed by atoms with E-state index >= 15 is 0 Å². The van der Waals surface area contributed by atoms with Crippen LogP contribution in [0.4, 0.5) is 5.13 Å². The summed E-state index contributed by atoms with van der Waals surface area (Å²) >= 11 is 1.42. The number of nitrogens with zero attached hydrogens (tertiary/aromatic N) is 5. The van der Waals surface area contributed by atoms with Gasteiger partial charge in [-0.3, -0.25) is 14.5 Å². The lowest BCUT2D eigenvalue weighted by atomic mass is 10.1. The molecular weight excluding hydrogens is 394 g/mol. The number of anilines is 1. The number of hydrogen-bond donors (Lipinski definition) is 0. The van der Waals surface area contributed by atoms with Gasteiger partial charge < -0.3 is 14.2 Å². The van der Waals surface area contributed by atoms with Gasteiger partial charge in [0.05, 0.1) is 29.3 Å². The molecule has 2 amide bonds. The second kappa shape index (κ2) is 7.78. The van der Waals surface area contributed by atoms with Gasteiger partial charge in [0.25, 0.3) is 0 Å². The number of thiazole rings is 1. The summed E-state index contributed by atoms with van der Waals surface area (Å²) in [6.07, 6.45) is 0.161. The Morgan fingerprint density at radius 2 is 2.24 bits per heavy atom. The van der Waals surface area contributed by atoms with Crippen molar-refractivity contribution in [3.8, 4) is 5.75 Å². The van der Waals surface area contributed by atoms with E-state index in [1.54, 1.807) is 18.9 Å². The topological polar surface area (TPSA) is 102 Å². The second-order valence-corrected chi connectivity index (χ2v) is 7.90. The maximum Gasteiger partial charge on any atom is 0.229 e. The van der Waals surface area contributed by atoms with Gasteiger partial charge in [0.2, 0.25) is 17.7 Å². The van der Waals surface area contributed by atoms with Gasteiger partial charge in [-0.15, -0.1) is 0 Å². The molecule has 2 aromatic heterocycles. The van der Waals surface area contributed by atoms with E-state index in [4.69, 9.17) is 9.26 Å². The molecule has 4 rings (SSSR count). The first-order valence-electron chi connectivity index (χ1n) is 9.32. The van der Waals surface area contributed by atoms with Crippen molar-refractivity contribution in [2.24, 2.45) is 5.92 Å². The van der Waals surface area contributed by atoms with Crippen molar-refractivity contribution in [1.82, 2.24) is 20.0 Å². The van der Waals surface area contributed by atoms with Gasteiger partial charge >= 0.3 is 0 Å². The van der Waals surface area contributed by atoms with E-state index in [1.807, 2.05) is 25.1 Å². The summed E-state index contributed by atoms with van der Waals surface area (Å²) in [6, 6.07) is 5.66. The Kier molecular flexibility index (Phi) is 5.18. The number of aromatic nitrogens is 3. The minimum absolute atomic E-state index is 0.101. The number of ether oxygens (including phenoxy) is 1. The van der Waals surface area contributed by atoms with Crippen LogP contribution in [0.25, 0.3) is 10.2 Å². The molecule has 0 N–H and O–H groups in total. The van der Waals surface area contributed by atoms with Crippen LogP contribution < -0.4 is 9.64 Å². The third-order valence-electron chi connectivity index (χ3n) is 4.69. The van der Waals surface area contributed by atoms with Crippen molar-refractivity contribution in [2.75, 3.05) is 25.1 Å². The molecule has 3 heterocycles. The van der Waals surface area contributed by atoms with Crippen molar-refractivity contribution < 1.29 is 18.8 Å². The van der Waals surface area contributed by atoms with E-state index in [9.17, 15) is 9.59 Å². The molecule has 1 atom stereocenters. The maximum absolute atomic E-state index is 12.8. The Morgan fingerprint density at radius 1 is 1.41 bits per heavy atom. The largest absolute Gasteiger partial charge is 0.494 e. The van der Waals surface area contributed by atoms with Crippen LogP contribution in [-0.2, 0) is 16.1 Å². The fourth-order valence-electron chi connectivity index (χ4n) is 3.33. The monoisotopic (exact) mass is 415 g/mol. The molecule has 10 heteroatoms. The van der Waals surface area contributed by atoms with Gasteiger partial charge in [-0.1, -0.05) is 16.5 Å². The third-order valence-corrected chi connectivity index (χ3v) is 5.73. The Morgan fingerprint density at radius 3 is 2.97 bits per heavy atom. The number of rotatable bonds is 6. The Labute approximate surface area is 171 Å². The molecular formula is C19H21N5O4S. The van der Waals surface area contributed by atoms with Crippen LogP contribution in [0.1, 0.15) is 25.1 Å². The highest BCUT2D eigenvalue weighted by Gasteiger charge is 2.38. The summed E-state index contributed by atoms with van der Waals surface area (Å²) < 4.78 is 11.4. The zero-order valence-electron chi connectivity index (χ0n) is 16.4. The summed E-state index contributed by atoms with van der Waals surface area (Å²) in [6.45, 7) is 4.76. The number of carbonyl (C=O) groups is 2. The highest BCUT2D eigenvalue weighted by Crippen LogP contribution is 2.34. The summed E-state index contributed by atoms with van der Waals surface area (Å²) in [5.74, 6) is 1.02. The van der Waals surface area contributed by atoms with Gasteiger partial charge in [0.15, 0.2) is 11.0 Å². The van der Waals surface area contributed by atoms with E-state index in [1.165, 1.54) is 16.2 Å². The Balaban J connectivity index is 1.47. The van der Waals surface area contributed by atoms with Crippen LogP contribution in [0.3, 0.4) is 0 Å². The molecule has 1 aliphatic heterocycles. The van der Waals surface area contributed by atoms with Crippen molar-refractivity contribution in [3.63, 3.8) is 0 Å². The molecule has 0 saturated carbocycles. The van der Waals surface area contributed by atoms with Crippen LogP contribution in [0.15, 0.2) is 22.7 Å². The predicted molar refractivity (Wildman–Crippen MR) is 107 cm³/mol. The van der Waals surface area contributed by atoms with Crippen LogP contribution >= 0.6 is 11.3 Å².